The number of methoxy groups -OCH3 is 1. The van der Waals surface area contributed by atoms with Crippen LogP contribution in [-0.4, -0.2) is 52.1 Å². The molecule has 2 N–H and O–H groups in total. The molecule has 0 spiro atoms. The van der Waals surface area contributed by atoms with E-state index in [1.54, 1.807) is 28.4 Å². The molecule has 2 aromatic carbocycles. The molecular formula is C30H34N6O5. The van der Waals surface area contributed by atoms with Crippen LogP contribution in [0, 0.1) is 20.8 Å². The quantitative estimate of drug-likeness (QED) is 0.342. The molecule has 0 saturated carbocycles. The molecule has 0 bridgehead atoms. The molecule has 1 amide bonds. The molecule has 41 heavy (non-hydrogen) atoms. The molecule has 11 nitrogen and oxygen atoms in total. The van der Waals surface area contributed by atoms with Gasteiger partial charge in [0.25, 0.3) is 5.91 Å². The van der Waals surface area contributed by atoms with Crippen molar-refractivity contribution in [3.05, 3.63) is 81.0 Å². The van der Waals surface area contributed by atoms with Gasteiger partial charge in [0.15, 0.2) is 11.5 Å². The summed E-state index contributed by atoms with van der Waals surface area (Å²) in [5, 5.41) is 9.32. The fourth-order valence-corrected chi connectivity index (χ4v) is 5.12. The fourth-order valence-electron chi connectivity index (χ4n) is 5.12. The summed E-state index contributed by atoms with van der Waals surface area (Å²) in [6.45, 7) is 9.48. The number of aromatic nitrogens is 4. The van der Waals surface area contributed by atoms with Crippen molar-refractivity contribution in [2.45, 2.75) is 40.8 Å². The van der Waals surface area contributed by atoms with E-state index in [-0.39, 0.29) is 24.7 Å². The summed E-state index contributed by atoms with van der Waals surface area (Å²) in [6, 6.07) is 11.3. The minimum absolute atomic E-state index is 0.210. The molecule has 0 atom stereocenters. The van der Waals surface area contributed by atoms with E-state index in [9.17, 15) is 9.59 Å². The number of fused-ring (bicyclic) bond motifs is 3. The van der Waals surface area contributed by atoms with Crippen LogP contribution >= 0.6 is 0 Å². The number of hydrogen-bond donors (Lipinski definition) is 2. The van der Waals surface area contributed by atoms with Crippen molar-refractivity contribution in [1.82, 2.24) is 24.6 Å². The standard InChI is InChI=1S/C30H34N6O5/c1-6-40-26-17-24-21(15-25(26)39-5)23-16-27(33-28-19(3)13-18(2)14-20(28)4)36(30(38)35(23)11-12-41-24)10-9-31-29(37)22-7-8-32-34-22/h7-8,13-17H,6,9-12H2,1-5H3,(H,31,37)(H,32,34). The third kappa shape index (κ3) is 5.60. The minimum Gasteiger partial charge on any atom is -0.493 e. The molecule has 2 aromatic heterocycles. The van der Waals surface area contributed by atoms with Crippen LogP contribution in [0.15, 0.2) is 52.4 Å². The molecular weight excluding hydrogens is 524 g/mol. The summed E-state index contributed by atoms with van der Waals surface area (Å²) in [5.41, 5.74) is 5.85. The Morgan fingerprint density at radius 3 is 2.61 bits per heavy atom. The lowest BCUT2D eigenvalue weighted by Crippen LogP contribution is -2.43. The average Bonchev–Trinajstić information content (AvgIpc) is 3.42. The summed E-state index contributed by atoms with van der Waals surface area (Å²) in [4.78, 5) is 31.6. The molecule has 1 aliphatic heterocycles. The van der Waals surface area contributed by atoms with Gasteiger partial charge in [-0.3, -0.25) is 19.0 Å². The predicted octanol–water partition coefficient (Wildman–Crippen LogP) is 3.43. The first-order chi connectivity index (χ1) is 19.8. The molecule has 0 fully saturated rings. The lowest BCUT2D eigenvalue weighted by molar-refractivity contribution is 0.0947. The number of carbonyl (C=O) groups excluding carboxylic acids is 1. The molecule has 4 aromatic rings. The predicted molar refractivity (Wildman–Crippen MR) is 154 cm³/mol. The molecule has 0 radical (unpaired) electrons. The molecule has 214 valence electrons. The van der Waals surface area contributed by atoms with Crippen LogP contribution in [0.1, 0.15) is 34.1 Å². The molecule has 0 unspecified atom stereocenters. The summed E-state index contributed by atoms with van der Waals surface area (Å²) >= 11 is 0. The maximum Gasteiger partial charge on any atom is 0.330 e. The van der Waals surface area contributed by atoms with Crippen LogP contribution in [0.25, 0.3) is 11.3 Å². The topological polar surface area (TPSA) is 125 Å². The van der Waals surface area contributed by atoms with Crippen LogP contribution in [0.5, 0.6) is 17.2 Å². The van der Waals surface area contributed by atoms with Gasteiger partial charge in [0.1, 0.15) is 23.5 Å². The Labute approximate surface area is 237 Å². The Morgan fingerprint density at radius 1 is 1.15 bits per heavy atom. The van der Waals surface area contributed by atoms with Crippen molar-refractivity contribution in [1.29, 1.82) is 0 Å². The largest absolute Gasteiger partial charge is 0.493 e. The van der Waals surface area contributed by atoms with Crippen LogP contribution < -0.4 is 30.7 Å². The first kappa shape index (κ1) is 27.8. The highest BCUT2D eigenvalue weighted by Gasteiger charge is 2.22. The van der Waals surface area contributed by atoms with Gasteiger partial charge < -0.3 is 19.5 Å². The average molecular weight is 559 g/mol. The summed E-state index contributed by atoms with van der Waals surface area (Å²) in [6.07, 6.45) is 1.51. The van der Waals surface area contributed by atoms with E-state index in [0.29, 0.717) is 59.4 Å². The van der Waals surface area contributed by atoms with Gasteiger partial charge in [-0.05, 0) is 51.0 Å². The zero-order chi connectivity index (χ0) is 29.1. The summed E-state index contributed by atoms with van der Waals surface area (Å²) in [7, 11) is 1.58. The van der Waals surface area contributed by atoms with E-state index in [0.717, 1.165) is 22.4 Å². The Hall–Kier alpha value is -4.80. The second kappa shape index (κ2) is 11.7. The van der Waals surface area contributed by atoms with Crippen molar-refractivity contribution in [2.24, 2.45) is 4.99 Å². The second-order valence-electron chi connectivity index (χ2n) is 9.84. The fraction of sp³-hybridized carbons (Fsp3) is 0.333. The minimum atomic E-state index is -0.304. The van der Waals surface area contributed by atoms with Gasteiger partial charge in [-0.25, -0.2) is 9.79 Å². The van der Waals surface area contributed by atoms with Crippen LogP contribution in [0.4, 0.5) is 5.69 Å². The number of nitrogens with one attached hydrogen (secondary N) is 2. The van der Waals surface area contributed by atoms with E-state index in [1.807, 2.05) is 39.8 Å². The van der Waals surface area contributed by atoms with Crippen molar-refractivity contribution in [3.8, 4) is 28.5 Å². The maximum atomic E-state index is 14.1. The third-order valence-electron chi connectivity index (χ3n) is 6.94. The van der Waals surface area contributed by atoms with E-state index in [2.05, 4.69) is 27.6 Å². The van der Waals surface area contributed by atoms with Crippen molar-refractivity contribution in [2.75, 3.05) is 26.9 Å². The number of benzene rings is 2. The highest BCUT2D eigenvalue weighted by Crippen LogP contribution is 2.40. The molecule has 11 heteroatoms. The highest BCUT2D eigenvalue weighted by molar-refractivity contribution is 5.92. The second-order valence-corrected chi connectivity index (χ2v) is 9.84. The highest BCUT2D eigenvalue weighted by atomic mass is 16.5. The van der Waals surface area contributed by atoms with Gasteiger partial charge in [-0.2, -0.15) is 5.10 Å². The molecule has 0 aliphatic carbocycles. The zero-order valence-corrected chi connectivity index (χ0v) is 23.9. The number of H-pyrrole nitrogens is 1. The molecule has 0 saturated heterocycles. The Bertz CT molecular complexity index is 1700. The zero-order valence-electron chi connectivity index (χ0n) is 23.9. The maximum absolute atomic E-state index is 14.1. The number of nitrogens with zero attached hydrogens (tertiary/aromatic N) is 4. The molecule has 3 heterocycles. The van der Waals surface area contributed by atoms with E-state index >= 15 is 0 Å². The third-order valence-corrected chi connectivity index (χ3v) is 6.94. The Morgan fingerprint density at radius 2 is 1.93 bits per heavy atom. The van der Waals surface area contributed by atoms with E-state index in [1.165, 1.54) is 6.20 Å². The monoisotopic (exact) mass is 558 g/mol. The van der Waals surface area contributed by atoms with Gasteiger partial charge in [0.05, 0.1) is 31.6 Å². The summed E-state index contributed by atoms with van der Waals surface area (Å²) < 4.78 is 20.7. The van der Waals surface area contributed by atoms with Gasteiger partial charge >= 0.3 is 5.69 Å². The molecule has 5 rings (SSSR count). The summed E-state index contributed by atoms with van der Waals surface area (Å²) in [5.74, 6) is 1.40. The van der Waals surface area contributed by atoms with Crippen LogP contribution in [-0.2, 0) is 13.1 Å². The van der Waals surface area contributed by atoms with Gasteiger partial charge in [0.2, 0.25) is 0 Å². The van der Waals surface area contributed by atoms with Crippen molar-refractivity contribution < 1.29 is 19.0 Å². The Balaban J connectivity index is 1.67. The lowest BCUT2D eigenvalue weighted by Gasteiger charge is -2.17. The SMILES string of the molecule is CCOc1cc2c(cc1OC)-c1cc(=Nc3c(C)cc(C)cc3C)n(CCNC(=O)c3ccn[nH]3)c(=O)n1CCO2. The van der Waals surface area contributed by atoms with Gasteiger partial charge in [-0.1, -0.05) is 17.7 Å². The van der Waals surface area contributed by atoms with Crippen molar-refractivity contribution >= 4 is 11.6 Å². The smallest absolute Gasteiger partial charge is 0.330 e. The lowest BCUT2D eigenvalue weighted by atomic mass is 10.1. The van der Waals surface area contributed by atoms with Gasteiger partial charge in [0, 0.05) is 37.0 Å². The number of ether oxygens (including phenoxy) is 3. The first-order valence-electron chi connectivity index (χ1n) is 13.5. The van der Waals surface area contributed by atoms with E-state index < -0.39 is 0 Å². The van der Waals surface area contributed by atoms with E-state index in [4.69, 9.17) is 19.2 Å². The van der Waals surface area contributed by atoms with Crippen LogP contribution in [0.3, 0.4) is 0 Å². The number of rotatable bonds is 8. The number of aromatic amines is 1. The Kier molecular flexibility index (Phi) is 7.95. The van der Waals surface area contributed by atoms with Gasteiger partial charge in [-0.15, -0.1) is 0 Å². The van der Waals surface area contributed by atoms with Crippen LogP contribution in [0.2, 0.25) is 0 Å². The molecule has 1 aliphatic rings. The number of amides is 1. The number of carbonyl (C=O) groups is 1. The number of aryl methyl sites for hydroxylation is 3. The first-order valence-corrected chi connectivity index (χ1v) is 13.5. The normalized spacial score (nSPS) is 12.7. The number of hydrogen-bond acceptors (Lipinski definition) is 7. The van der Waals surface area contributed by atoms with Crippen molar-refractivity contribution in [3.63, 3.8) is 0 Å².